The van der Waals surface area contributed by atoms with E-state index in [2.05, 4.69) is 17.9 Å². The van der Waals surface area contributed by atoms with Crippen molar-refractivity contribution in [2.75, 3.05) is 5.32 Å². The fraction of sp³-hybridized carbons (Fsp3) is 0.167. The summed E-state index contributed by atoms with van der Waals surface area (Å²) in [5.41, 5.74) is 0.756. The van der Waals surface area contributed by atoms with Gasteiger partial charge in [-0.2, -0.15) is 0 Å². The smallest absolute Gasteiger partial charge is 0.331 e. The van der Waals surface area contributed by atoms with E-state index in [1.807, 2.05) is 0 Å². The maximum absolute atomic E-state index is 11.7. The van der Waals surface area contributed by atoms with Crippen molar-refractivity contribution in [2.45, 2.75) is 18.7 Å². The molecule has 0 bridgehead atoms. The molecule has 1 rings (SSSR count). The molecule has 17 heavy (non-hydrogen) atoms. The molecular formula is C12H13NO3S. The number of benzene rings is 1. The van der Waals surface area contributed by atoms with Crippen LogP contribution in [-0.4, -0.2) is 17.0 Å². The number of thiol groups is 1. The number of carboxylic acid groups (broad SMARTS) is 1. The third-order valence-electron chi connectivity index (χ3n) is 2.38. The van der Waals surface area contributed by atoms with E-state index in [0.717, 1.165) is 0 Å². The Kier molecular flexibility index (Phi) is 4.34. The molecule has 0 aliphatic carbocycles. The van der Waals surface area contributed by atoms with Gasteiger partial charge in [-0.25, -0.2) is 4.79 Å². The van der Waals surface area contributed by atoms with Crippen LogP contribution in [0.25, 0.3) is 0 Å². The average molecular weight is 251 g/mol. The number of carbonyl (C=O) groups excluding carboxylic acids is 1. The maximum atomic E-state index is 11.7. The Bertz CT molecular complexity index is 494. The zero-order valence-electron chi connectivity index (χ0n) is 9.52. The number of nitrogens with one attached hydrogen (secondary N) is 1. The molecule has 0 aromatic heterocycles. The number of aliphatic carboxylic acids is 1. The highest BCUT2D eigenvalue weighted by Crippen LogP contribution is 2.19. The topological polar surface area (TPSA) is 66.4 Å². The zero-order chi connectivity index (χ0) is 13.0. The minimum atomic E-state index is -1.10. The summed E-state index contributed by atoms with van der Waals surface area (Å²) in [7, 11) is 0. The molecule has 1 amide bonds. The highest BCUT2D eigenvalue weighted by molar-refractivity contribution is 7.80. The number of para-hydroxylation sites is 1. The standard InChI is InChI=1S/C12H13NO3S/c1-7(8(2)12(15)16)11(14)13-9-5-3-4-6-10(9)17/h3-6,17H,1-2H3,(H,13,14)(H,15,16)/b8-7-. The maximum Gasteiger partial charge on any atom is 0.331 e. The molecule has 0 radical (unpaired) electrons. The number of carboxylic acids is 1. The lowest BCUT2D eigenvalue weighted by Gasteiger charge is -2.08. The van der Waals surface area contributed by atoms with E-state index in [4.69, 9.17) is 5.11 Å². The van der Waals surface area contributed by atoms with Crippen LogP contribution in [0.15, 0.2) is 40.3 Å². The number of rotatable bonds is 3. The molecule has 1 aromatic carbocycles. The Hall–Kier alpha value is -1.75. The molecule has 0 aliphatic heterocycles. The van der Waals surface area contributed by atoms with Crippen molar-refractivity contribution in [3.05, 3.63) is 35.4 Å². The fourth-order valence-corrected chi connectivity index (χ4v) is 1.34. The first-order valence-electron chi connectivity index (χ1n) is 4.93. The van der Waals surface area contributed by atoms with Gasteiger partial charge in [0.1, 0.15) is 0 Å². The van der Waals surface area contributed by atoms with Crippen molar-refractivity contribution in [3.8, 4) is 0 Å². The first kappa shape index (κ1) is 13.3. The third-order valence-corrected chi connectivity index (χ3v) is 2.77. The van der Waals surface area contributed by atoms with Gasteiger partial charge in [0.15, 0.2) is 0 Å². The van der Waals surface area contributed by atoms with Gasteiger partial charge < -0.3 is 10.4 Å². The lowest BCUT2D eigenvalue weighted by Crippen LogP contribution is -2.16. The van der Waals surface area contributed by atoms with E-state index < -0.39 is 11.9 Å². The van der Waals surface area contributed by atoms with Crippen molar-refractivity contribution in [3.63, 3.8) is 0 Å². The first-order valence-corrected chi connectivity index (χ1v) is 5.38. The van der Waals surface area contributed by atoms with Crippen LogP contribution in [0.3, 0.4) is 0 Å². The number of amides is 1. The summed E-state index contributed by atoms with van der Waals surface area (Å²) in [6.45, 7) is 2.86. The summed E-state index contributed by atoms with van der Waals surface area (Å²) in [5, 5.41) is 11.4. The van der Waals surface area contributed by atoms with E-state index in [1.54, 1.807) is 24.3 Å². The predicted octanol–water partition coefficient (Wildman–Crippen LogP) is 2.33. The van der Waals surface area contributed by atoms with E-state index in [1.165, 1.54) is 13.8 Å². The van der Waals surface area contributed by atoms with Crippen LogP contribution in [0.2, 0.25) is 0 Å². The molecule has 5 heteroatoms. The Balaban J connectivity index is 2.91. The second kappa shape index (κ2) is 5.54. The zero-order valence-corrected chi connectivity index (χ0v) is 10.4. The van der Waals surface area contributed by atoms with Crippen LogP contribution >= 0.6 is 12.6 Å². The largest absolute Gasteiger partial charge is 0.478 e. The van der Waals surface area contributed by atoms with Gasteiger partial charge in [0.05, 0.1) is 5.69 Å². The molecule has 0 unspecified atom stereocenters. The van der Waals surface area contributed by atoms with E-state index >= 15 is 0 Å². The second-order valence-electron chi connectivity index (χ2n) is 3.53. The Labute approximate surface area is 105 Å². The molecule has 0 aliphatic rings. The normalized spacial score (nSPS) is 11.7. The molecule has 0 spiro atoms. The van der Waals surface area contributed by atoms with E-state index in [0.29, 0.717) is 10.6 Å². The van der Waals surface area contributed by atoms with Gasteiger partial charge in [-0.3, -0.25) is 4.79 Å². The van der Waals surface area contributed by atoms with Crippen LogP contribution in [0.4, 0.5) is 5.69 Å². The SMILES string of the molecule is C/C(C(=O)O)=C(\C)C(=O)Nc1ccccc1S. The molecule has 2 N–H and O–H groups in total. The minimum absolute atomic E-state index is 0.0270. The lowest BCUT2D eigenvalue weighted by molar-refractivity contribution is -0.133. The number of hydrogen-bond donors (Lipinski definition) is 3. The average Bonchev–Trinajstić information content (AvgIpc) is 2.30. The number of anilines is 1. The fourth-order valence-electron chi connectivity index (χ4n) is 1.13. The summed E-state index contributed by atoms with van der Waals surface area (Å²) in [4.78, 5) is 23.1. The van der Waals surface area contributed by atoms with Crippen LogP contribution in [-0.2, 0) is 9.59 Å². The van der Waals surface area contributed by atoms with E-state index in [-0.39, 0.29) is 11.1 Å². The Morgan fingerprint density at radius 2 is 1.76 bits per heavy atom. The lowest BCUT2D eigenvalue weighted by atomic mass is 10.1. The highest BCUT2D eigenvalue weighted by atomic mass is 32.1. The molecule has 90 valence electrons. The van der Waals surface area contributed by atoms with Crippen LogP contribution in [0.5, 0.6) is 0 Å². The molecule has 4 nitrogen and oxygen atoms in total. The Morgan fingerprint density at radius 3 is 2.29 bits per heavy atom. The molecule has 0 atom stereocenters. The summed E-state index contributed by atoms with van der Waals surface area (Å²) >= 11 is 4.19. The van der Waals surface area contributed by atoms with Gasteiger partial charge in [-0.1, -0.05) is 12.1 Å². The minimum Gasteiger partial charge on any atom is -0.478 e. The van der Waals surface area contributed by atoms with Crippen LogP contribution in [0, 0.1) is 0 Å². The van der Waals surface area contributed by atoms with Gasteiger partial charge in [-0.15, -0.1) is 12.6 Å². The van der Waals surface area contributed by atoms with E-state index in [9.17, 15) is 9.59 Å². The molecule has 0 saturated heterocycles. The van der Waals surface area contributed by atoms with Gasteiger partial charge in [0.25, 0.3) is 5.91 Å². The van der Waals surface area contributed by atoms with Crippen molar-refractivity contribution < 1.29 is 14.7 Å². The van der Waals surface area contributed by atoms with Crippen LogP contribution < -0.4 is 5.32 Å². The number of hydrogen-bond acceptors (Lipinski definition) is 3. The molecule has 0 heterocycles. The number of carbonyl (C=O) groups is 2. The second-order valence-corrected chi connectivity index (χ2v) is 4.01. The predicted molar refractivity (Wildman–Crippen MR) is 68.3 cm³/mol. The molecule has 0 saturated carbocycles. The summed E-state index contributed by atoms with van der Waals surface area (Å²) in [5.74, 6) is -1.54. The quantitative estimate of drug-likeness (QED) is 0.570. The third kappa shape index (κ3) is 3.35. The Morgan fingerprint density at radius 1 is 1.18 bits per heavy atom. The summed E-state index contributed by atoms with van der Waals surface area (Å²) in [6, 6.07) is 6.99. The van der Waals surface area contributed by atoms with Gasteiger partial charge in [0, 0.05) is 16.0 Å². The van der Waals surface area contributed by atoms with Gasteiger partial charge >= 0.3 is 5.97 Å². The summed E-state index contributed by atoms with van der Waals surface area (Å²) in [6.07, 6.45) is 0. The molecular weight excluding hydrogens is 238 g/mol. The summed E-state index contributed by atoms with van der Waals surface area (Å²) < 4.78 is 0. The molecule has 0 fully saturated rings. The van der Waals surface area contributed by atoms with Crippen molar-refractivity contribution >= 4 is 30.2 Å². The van der Waals surface area contributed by atoms with Crippen molar-refractivity contribution in [1.82, 2.24) is 0 Å². The van der Waals surface area contributed by atoms with Crippen molar-refractivity contribution in [2.24, 2.45) is 0 Å². The molecule has 1 aromatic rings. The van der Waals surface area contributed by atoms with Gasteiger partial charge in [0.2, 0.25) is 0 Å². The van der Waals surface area contributed by atoms with Gasteiger partial charge in [-0.05, 0) is 26.0 Å². The van der Waals surface area contributed by atoms with Crippen LogP contribution in [0.1, 0.15) is 13.8 Å². The first-order chi connectivity index (χ1) is 7.93. The van der Waals surface area contributed by atoms with Crippen molar-refractivity contribution in [1.29, 1.82) is 0 Å². The highest BCUT2D eigenvalue weighted by Gasteiger charge is 2.13. The monoisotopic (exact) mass is 251 g/mol.